The van der Waals surface area contributed by atoms with Gasteiger partial charge in [0.05, 0.1) is 18.8 Å². The average molecular weight is 497 g/mol. The van der Waals surface area contributed by atoms with Crippen LogP contribution in [0.1, 0.15) is 43.0 Å². The summed E-state index contributed by atoms with van der Waals surface area (Å²) in [6.07, 6.45) is -5.07. The van der Waals surface area contributed by atoms with Crippen molar-refractivity contribution in [2.75, 3.05) is 7.11 Å². The van der Waals surface area contributed by atoms with E-state index >= 15 is 0 Å². The molecule has 0 bridgehead atoms. The van der Waals surface area contributed by atoms with Crippen LogP contribution in [-0.4, -0.2) is 36.3 Å². The first kappa shape index (κ1) is 27.8. The number of hydrogen-bond donors (Lipinski definition) is 2. The number of amides is 1. The molecule has 0 heterocycles. The third kappa shape index (κ3) is 7.81. The molecule has 2 aromatic carbocycles. The number of halogens is 4. The van der Waals surface area contributed by atoms with Crippen LogP contribution in [0.3, 0.4) is 0 Å². The number of alkyl halides is 3. The van der Waals surface area contributed by atoms with E-state index in [9.17, 15) is 32.3 Å². The van der Waals surface area contributed by atoms with Crippen molar-refractivity contribution in [2.24, 2.45) is 0 Å². The van der Waals surface area contributed by atoms with Gasteiger partial charge in [-0.2, -0.15) is 13.2 Å². The van der Waals surface area contributed by atoms with Gasteiger partial charge in [0.25, 0.3) is 0 Å². The fraction of sp³-hybridized carbons (Fsp3) is 0.360. The van der Waals surface area contributed by atoms with E-state index in [0.29, 0.717) is 22.9 Å². The van der Waals surface area contributed by atoms with E-state index in [0.717, 1.165) is 18.2 Å². The number of benzene rings is 2. The Hall–Kier alpha value is -3.40. The summed E-state index contributed by atoms with van der Waals surface area (Å²) >= 11 is 0. The second kappa shape index (κ2) is 11.8. The standard InChI is InChI=1S/C25H27F4NO5/c1-14(2)35-21(24(32)33)12-16-8-9-20(34-4)18(11-16)13-30-23(31)15(3)10-17-6-5-7-19(22(17)26)25(27,28)29/h5-11,14,21H,12-13H2,1-4H3,(H,30,31)(H,32,33)/b15-10+. The van der Waals surface area contributed by atoms with Crippen LogP contribution < -0.4 is 10.1 Å². The van der Waals surface area contributed by atoms with Crippen LogP contribution >= 0.6 is 0 Å². The Morgan fingerprint density at radius 1 is 1.17 bits per heavy atom. The Kier molecular flexibility index (Phi) is 9.41. The van der Waals surface area contributed by atoms with Crippen molar-refractivity contribution in [3.8, 4) is 5.75 Å². The average Bonchev–Trinajstić information content (AvgIpc) is 2.77. The molecule has 0 aliphatic heterocycles. The third-order valence-corrected chi connectivity index (χ3v) is 4.98. The van der Waals surface area contributed by atoms with Crippen molar-refractivity contribution in [1.29, 1.82) is 0 Å². The molecule has 0 spiro atoms. The molecule has 0 fully saturated rings. The first-order valence-electron chi connectivity index (χ1n) is 10.7. The van der Waals surface area contributed by atoms with Gasteiger partial charge in [-0.3, -0.25) is 4.79 Å². The van der Waals surface area contributed by atoms with E-state index in [4.69, 9.17) is 9.47 Å². The second-order valence-electron chi connectivity index (χ2n) is 8.08. The Labute approximate surface area is 200 Å². The molecule has 2 rings (SSSR count). The largest absolute Gasteiger partial charge is 0.496 e. The molecule has 1 atom stereocenters. The van der Waals surface area contributed by atoms with Crippen LogP contribution in [-0.2, 0) is 33.5 Å². The summed E-state index contributed by atoms with van der Waals surface area (Å²) in [6.45, 7) is 4.79. The normalized spacial score (nSPS) is 13.0. The first-order chi connectivity index (χ1) is 16.3. The number of ether oxygens (including phenoxy) is 2. The first-order valence-corrected chi connectivity index (χ1v) is 10.7. The fourth-order valence-electron chi connectivity index (χ4n) is 3.33. The summed E-state index contributed by atoms with van der Waals surface area (Å²) in [6, 6.07) is 7.82. The number of nitrogens with one attached hydrogen (secondary N) is 1. The van der Waals surface area contributed by atoms with Crippen molar-refractivity contribution in [1.82, 2.24) is 5.32 Å². The predicted molar refractivity (Wildman–Crippen MR) is 121 cm³/mol. The molecule has 0 saturated carbocycles. The molecule has 35 heavy (non-hydrogen) atoms. The monoisotopic (exact) mass is 497 g/mol. The topological polar surface area (TPSA) is 84.9 Å². The maximum atomic E-state index is 14.3. The van der Waals surface area contributed by atoms with Gasteiger partial charge in [-0.1, -0.05) is 24.3 Å². The van der Waals surface area contributed by atoms with Gasteiger partial charge in [-0.05, 0) is 44.5 Å². The zero-order valence-corrected chi connectivity index (χ0v) is 19.7. The summed E-state index contributed by atoms with van der Waals surface area (Å²) in [5.41, 5.74) is -0.597. The lowest BCUT2D eigenvalue weighted by atomic mass is 10.0. The number of aliphatic carboxylic acids is 1. The second-order valence-corrected chi connectivity index (χ2v) is 8.08. The molecule has 2 aromatic rings. The quantitative estimate of drug-likeness (QED) is 0.357. The van der Waals surface area contributed by atoms with Gasteiger partial charge >= 0.3 is 12.1 Å². The minimum atomic E-state index is -4.86. The van der Waals surface area contributed by atoms with Gasteiger partial charge in [-0.15, -0.1) is 0 Å². The predicted octanol–water partition coefficient (Wildman–Crippen LogP) is 4.99. The maximum Gasteiger partial charge on any atom is 0.419 e. The highest BCUT2D eigenvalue weighted by atomic mass is 19.4. The van der Waals surface area contributed by atoms with E-state index < -0.39 is 35.5 Å². The Bertz CT molecular complexity index is 1100. The van der Waals surface area contributed by atoms with Gasteiger partial charge in [0.15, 0.2) is 6.10 Å². The van der Waals surface area contributed by atoms with Crippen LogP contribution in [0, 0.1) is 5.82 Å². The molecule has 2 N–H and O–H groups in total. The fourth-order valence-corrected chi connectivity index (χ4v) is 3.33. The molecule has 1 amide bonds. The van der Waals surface area contributed by atoms with Crippen molar-refractivity contribution < 1.29 is 41.7 Å². The third-order valence-electron chi connectivity index (χ3n) is 4.98. The van der Waals surface area contributed by atoms with E-state index in [-0.39, 0.29) is 30.2 Å². The maximum absolute atomic E-state index is 14.3. The molecule has 0 radical (unpaired) electrons. The Morgan fingerprint density at radius 3 is 2.43 bits per heavy atom. The summed E-state index contributed by atoms with van der Waals surface area (Å²) in [7, 11) is 1.43. The van der Waals surface area contributed by atoms with Crippen LogP contribution in [0.15, 0.2) is 42.0 Å². The summed E-state index contributed by atoms with van der Waals surface area (Å²) in [5, 5.41) is 12.0. The van der Waals surface area contributed by atoms with Gasteiger partial charge in [0, 0.05) is 29.7 Å². The number of rotatable bonds is 10. The van der Waals surface area contributed by atoms with Crippen molar-refractivity contribution in [3.05, 3.63) is 70.0 Å². The zero-order chi connectivity index (χ0) is 26.3. The molecule has 10 heteroatoms. The molecule has 0 saturated heterocycles. The molecular formula is C25H27F4NO5. The van der Waals surface area contributed by atoms with Crippen LogP contribution in [0.4, 0.5) is 17.6 Å². The van der Waals surface area contributed by atoms with E-state index in [1.54, 1.807) is 32.0 Å². The number of hydrogen-bond acceptors (Lipinski definition) is 4. The lowest BCUT2D eigenvalue weighted by molar-refractivity contribution is -0.153. The van der Waals surface area contributed by atoms with Crippen molar-refractivity contribution >= 4 is 18.0 Å². The molecule has 6 nitrogen and oxygen atoms in total. The number of carbonyl (C=O) groups excluding carboxylic acids is 1. The summed E-state index contributed by atoms with van der Waals surface area (Å²) < 4.78 is 63.8. The number of methoxy groups -OCH3 is 1. The molecule has 0 aromatic heterocycles. The number of carbonyl (C=O) groups is 2. The highest BCUT2D eigenvalue weighted by Crippen LogP contribution is 2.33. The molecule has 1 unspecified atom stereocenters. The van der Waals surface area contributed by atoms with E-state index in [1.165, 1.54) is 14.0 Å². The Morgan fingerprint density at radius 2 is 1.86 bits per heavy atom. The minimum absolute atomic E-state index is 0.00498. The Balaban J connectivity index is 2.18. The molecule has 0 aliphatic rings. The van der Waals surface area contributed by atoms with Crippen molar-refractivity contribution in [3.63, 3.8) is 0 Å². The zero-order valence-electron chi connectivity index (χ0n) is 19.7. The van der Waals surface area contributed by atoms with Crippen molar-refractivity contribution in [2.45, 2.75) is 52.1 Å². The molecule has 190 valence electrons. The lowest BCUT2D eigenvalue weighted by Crippen LogP contribution is -2.29. The lowest BCUT2D eigenvalue weighted by Gasteiger charge is -2.18. The minimum Gasteiger partial charge on any atom is -0.496 e. The number of carboxylic acid groups (broad SMARTS) is 1. The van der Waals surface area contributed by atoms with Gasteiger partial charge in [-0.25, -0.2) is 9.18 Å². The summed E-state index contributed by atoms with van der Waals surface area (Å²) in [5.74, 6) is -2.75. The SMILES string of the molecule is COc1ccc(CC(OC(C)C)C(=O)O)cc1CNC(=O)/C(C)=C/c1cccc(C(F)(F)F)c1F. The van der Waals surface area contributed by atoms with Gasteiger partial charge in [0.2, 0.25) is 5.91 Å². The van der Waals surface area contributed by atoms with Gasteiger partial charge in [0.1, 0.15) is 11.6 Å². The van der Waals surface area contributed by atoms with Crippen LogP contribution in [0.2, 0.25) is 0 Å². The number of carboxylic acids is 1. The van der Waals surface area contributed by atoms with Crippen LogP contribution in [0.25, 0.3) is 6.08 Å². The van der Waals surface area contributed by atoms with E-state index in [1.807, 2.05) is 0 Å². The van der Waals surface area contributed by atoms with Gasteiger partial charge < -0.3 is 19.9 Å². The molecule has 0 aliphatic carbocycles. The van der Waals surface area contributed by atoms with E-state index in [2.05, 4.69) is 5.32 Å². The smallest absolute Gasteiger partial charge is 0.419 e. The highest BCUT2D eigenvalue weighted by molar-refractivity contribution is 5.97. The highest BCUT2D eigenvalue weighted by Gasteiger charge is 2.34. The summed E-state index contributed by atoms with van der Waals surface area (Å²) in [4.78, 5) is 24.0. The van der Waals surface area contributed by atoms with Crippen LogP contribution in [0.5, 0.6) is 5.75 Å². The molecular weight excluding hydrogens is 470 g/mol.